The van der Waals surface area contributed by atoms with Crippen LogP contribution in [0.5, 0.6) is 5.75 Å². The van der Waals surface area contributed by atoms with Gasteiger partial charge >= 0.3 is 30.7 Å². The molecule has 2 N–H and O–H groups in total. The number of alkyl halides is 12. The van der Waals surface area contributed by atoms with Crippen LogP contribution in [0.1, 0.15) is 30.5 Å². The zero-order chi connectivity index (χ0) is 42.7. The molecule has 0 heterocycles. The average molecular weight is 840 g/mol. The van der Waals surface area contributed by atoms with Gasteiger partial charge in [-0.2, -0.15) is 52.7 Å². The van der Waals surface area contributed by atoms with Gasteiger partial charge in [0.05, 0.1) is 10.9 Å². The van der Waals surface area contributed by atoms with Gasteiger partial charge in [-0.05, 0) is 85.6 Å². The molecule has 0 bridgehead atoms. The van der Waals surface area contributed by atoms with Crippen LogP contribution in [0.4, 0.5) is 52.7 Å². The van der Waals surface area contributed by atoms with Gasteiger partial charge in [0.25, 0.3) is 11.2 Å². The Morgan fingerprint density at radius 2 is 0.947 bits per heavy atom. The fraction of sp³-hybridized carbons (Fsp3) is 0.308. The Hall–Kier alpha value is -4.86. The summed E-state index contributed by atoms with van der Waals surface area (Å²) in [5, 5.41) is 19.3. The zero-order valence-corrected chi connectivity index (χ0v) is 30.3. The molecule has 0 spiro atoms. The van der Waals surface area contributed by atoms with Crippen molar-refractivity contribution in [3.63, 3.8) is 0 Å². The van der Waals surface area contributed by atoms with Crippen molar-refractivity contribution in [2.24, 2.45) is 0 Å². The quantitative estimate of drug-likeness (QED) is 0.0682. The molecule has 0 radical (unpaired) electrons. The van der Waals surface area contributed by atoms with Crippen molar-refractivity contribution in [1.82, 2.24) is 0 Å². The fourth-order valence-electron chi connectivity index (χ4n) is 5.11. The monoisotopic (exact) mass is 839 g/mol. The van der Waals surface area contributed by atoms with E-state index < -0.39 is 88.9 Å². The van der Waals surface area contributed by atoms with Crippen LogP contribution in [0.3, 0.4) is 0 Å². The van der Waals surface area contributed by atoms with E-state index in [1.165, 1.54) is 24.3 Å². The van der Waals surface area contributed by atoms with Gasteiger partial charge in [0, 0.05) is 18.4 Å². The van der Waals surface area contributed by atoms with Crippen LogP contribution in [0.2, 0.25) is 0 Å². The summed E-state index contributed by atoms with van der Waals surface area (Å²) < 4.78 is 171. The summed E-state index contributed by atoms with van der Waals surface area (Å²) >= 11 is 0. The van der Waals surface area contributed by atoms with Gasteiger partial charge in [0.15, 0.2) is 26.9 Å². The molecule has 0 aliphatic carbocycles. The maximum atomic E-state index is 13.3. The van der Waals surface area contributed by atoms with Crippen LogP contribution in [0.25, 0.3) is 0 Å². The minimum absolute atomic E-state index is 0.135. The number of halogens is 12. The molecule has 0 amide bonds. The highest BCUT2D eigenvalue weighted by molar-refractivity contribution is 7.97. The van der Waals surface area contributed by atoms with E-state index in [0.29, 0.717) is 10.5 Å². The van der Waals surface area contributed by atoms with Gasteiger partial charge in [-0.1, -0.05) is 54.3 Å². The predicted octanol–water partition coefficient (Wildman–Crippen LogP) is 9.33. The van der Waals surface area contributed by atoms with Crippen LogP contribution >= 0.6 is 0 Å². The number of aliphatic hydroxyl groups is 2. The molecule has 0 unspecified atom stereocenters. The maximum absolute atomic E-state index is 13.3. The summed E-state index contributed by atoms with van der Waals surface area (Å²) in [6.45, 7) is 2.57. The zero-order valence-electron chi connectivity index (χ0n) is 29.5. The van der Waals surface area contributed by atoms with Crippen molar-refractivity contribution in [1.29, 1.82) is 0 Å². The summed E-state index contributed by atoms with van der Waals surface area (Å²) in [5.74, 6) is 5.08. The number of ether oxygens (including phenoxy) is 2. The Balaban J connectivity index is 1.62. The number of hydrogen-bond acceptors (Lipinski definition) is 5. The van der Waals surface area contributed by atoms with Crippen LogP contribution in [0.15, 0.2) is 118 Å². The summed E-state index contributed by atoms with van der Waals surface area (Å²) in [5.41, 5.74) is -11.8. The van der Waals surface area contributed by atoms with Crippen molar-refractivity contribution in [3.05, 3.63) is 120 Å². The van der Waals surface area contributed by atoms with Gasteiger partial charge in [0.1, 0.15) is 5.75 Å². The van der Waals surface area contributed by atoms with Crippen molar-refractivity contribution >= 4 is 16.9 Å². The van der Waals surface area contributed by atoms with Gasteiger partial charge in [-0.3, -0.25) is 0 Å². The highest BCUT2D eigenvalue weighted by atomic mass is 32.2. The lowest BCUT2D eigenvalue weighted by Crippen LogP contribution is -2.58. The van der Waals surface area contributed by atoms with Gasteiger partial charge in [-0.25, -0.2) is 4.79 Å². The third-order valence-electron chi connectivity index (χ3n) is 8.18. The highest BCUT2D eigenvalue weighted by Crippen LogP contribution is 2.47. The van der Waals surface area contributed by atoms with Crippen LogP contribution < -0.4 is 4.74 Å². The largest absolute Gasteiger partial charge is 0.482 e. The molecule has 4 rings (SSSR count). The molecule has 18 heteroatoms. The normalized spacial score (nSPS) is 13.2. The Morgan fingerprint density at radius 1 is 0.579 bits per heavy atom. The lowest BCUT2D eigenvalue weighted by Gasteiger charge is -2.32. The molecule has 0 atom stereocenters. The SMILES string of the molecule is CC(C)(C#Cc1ccccc1)OC(=O)COc1ccc([S+](c2ccc(CC(O)(C(F)(F)F)C(F)(F)F)cc2)c2ccc(CC(O)(C(F)(F)F)C(F)(F)F)cc2)cc1. The highest BCUT2D eigenvalue weighted by Gasteiger charge is 2.71. The third kappa shape index (κ3) is 10.8. The van der Waals surface area contributed by atoms with Crippen LogP contribution in [-0.2, 0) is 33.3 Å². The molecule has 0 aromatic heterocycles. The van der Waals surface area contributed by atoms with E-state index in [1.54, 1.807) is 38.1 Å². The second-order valence-corrected chi connectivity index (χ2v) is 15.0. The molecule has 4 aromatic carbocycles. The Kier molecular flexibility index (Phi) is 13.0. The van der Waals surface area contributed by atoms with E-state index >= 15 is 0 Å². The van der Waals surface area contributed by atoms with E-state index in [-0.39, 0.29) is 15.5 Å². The molecule has 5 nitrogen and oxygen atoms in total. The number of carbonyl (C=O) groups is 1. The second kappa shape index (κ2) is 16.5. The van der Waals surface area contributed by atoms with E-state index in [0.717, 1.165) is 48.5 Å². The summed E-state index contributed by atoms with van der Waals surface area (Å²) in [7, 11) is -1.37. The van der Waals surface area contributed by atoms with E-state index in [9.17, 15) is 67.7 Å². The Morgan fingerprint density at radius 3 is 1.32 bits per heavy atom. The summed E-state index contributed by atoms with van der Waals surface area (Å²) in [6, 6.07) is 22.8. The first-order valence-electron chi connectivity index (χ1n) is 16.3. The molecular formula is C39H31F12O5S+. The lowest BCUT2D eigenvalue weighted by molar-refractivity contribution is -0.368. The first-order chi connectivity index (χ1) is 26.2. The third-order valence-corrected chi connectivity index (χ3v) is 10.4. The average Bonchev–Trinajstić information content (AvgIpc) is 3.10. The standard InChI is InChI=1S/C39H31F12O5S/c1-33(2,21-20-25-6-4-3-5-7-25)56-32(52)24-55-28-12-18-31(19-13-28)57(29-14-8-26(9-15-29)22-34(53,36(40,41)42)37(43,44)45)30-16-10-27(11-17-30)23-35(54,38(46,47)48)39(49,50)51/h3-19,53-54H,22-24H2,1-2H3/q+1. The number of carbonyl (C=O) groups excluding carboxylic acids is 1. The van der Waals surface area contributed by atoms with E-state index in [4.69, 9.17) is 9.47 Å². The Bertz CT molecular complexity index is 1920. The molecule has 306 valence electrons. The minimum Gasteiger partial charge on any atom is -0.482 e. The molecule has 0 aliphatic heterocycles. The first kappa shape index (κ1) is 44.8. The molecular weight excluding hydrogens is 808 g/mol. The van der Waals surface area contributed by atoms with Gasteiger partial charge in [-0.15, -0.1) is 0 Å². The van der Waals surface area contributed by atoms with Crippen molar-refractivity contribution in [3.8, 4) is 17.6 Å². The molecule has 4 aromatic rings. The number of hydrogen-bond donors (Lipinski definition) is 2. The van der Waals surface area contributed by atoms with Crippen LogP contribution in [0, 0.1) is 11.8 Å². The number of rotatable bonds is 11. The second-order valence-electron chi connectivity index (χ2n) is 13.0. The van der Waals surface area contributed by atoms with Crippen molar-refractivity contribution in [2.45, 2.75) is 82.9 Å². The molecule has 0 saturated carbocycles. The molecule has 0 saturated heterocycles. The van der Waals surface area contributed by atoms with E-state index in [2.05, 4.69) is 11.8 Å². The van der Waals surface area contributed by atoms with Crippen molar-refractivity contribution in [2.75, 3.05) is 6.61 Å². The van der Waals surface area contributed by atoms with Gasteiger partial charge < -0.3 is 19.7 Å². The topological polar surface area (TPSA) is 76.0 Å². The molecule has 0 fully saturated rings. The smallest absolute Gasteiger partial charge is 0.426 e. The van der Waals surface area contributed by atoms with Crippen molar-refractivity contribution < 1.29 is 77.2 Å². The van der Waals surface area contributed by atoms with E-state index in [1.807, 2.05) is 6.07 Å². The first-order valence-corrected chi connectivity index (χ1v) is 17.5. The summed E-state index contributed by atoms with van der Waals surface area (Å²) in [6.07, 6.45) is -28.1. The summed E-state index contributed by atoms with van der Waals surface area (Å²) in [4.78, 5) is 13.3. The minimum atomic E-state index is -6.09. The molecule has 57 heavy (non-hydrogen) atoms. The van der Waals surface area contributed by atoms with Crippen LogP contribution in [-0.4, -0.2) is 64.3 Å². The number of esters is 1. The predicted molar refractivity (Wildman–Crippen MR) is 182 cm³/mol. The lowest BCUT2D eigenvalue weighted by atomic mass is 9.93. The van der Waals surface area contributed by atoms with Gasteiger partial charge in [0.2, 0.25) is 0 Å². The Labute approximate surface area is 320 Å². The number of benzene rings is 4. The maximum Gasteiger partial charge on any atom is 0.426 e. The molecule has 0 aliphatic rings. The fourth-order valence-corrected chi connectivity index (χ4v) is 7.15.